The lowest BCUT2D eigenvalue weighted by molar-refractivity contribution is 0.675. The van der Waals surface area contributed by atoms with Crippen LogP contribution in [0.2, 0.25) is 5.02 Å². The summed E-state index contributed by atoms with van der Waals surface area (Å²) in [6.07, 6.45) is 1.13. The first-order valence-electron chi connectivity index (χ1n) is 7.41. The molecule has 0 heterocycles. The Morgan fingerprint density at radius 1 is 1.10 bits per heavy atom. The number of hydrogen-bond acceptors (Lipinski definition) is 2. The number of nitrogens with zero attached hydrogens (tertiary/aromatic N) is 1. The number of nitrogens with one attached hydrogen (secondary N) is 1. The van der Waals surface area contributed by atoms with E-state index in [0.29, 0.717) is 0 Å². The molecule has 0 spiro atoms. The smallest absolute Gasteiger partial charge is 0.0471 e. The first-order chi connectivity index (χ1) is 10.1. The summed E-state index contributed by atoms with van der Waals surface area (Å²) in [4.78, 5) is 2.15. The second-order valence-electron chi connectivity index (χ2n) is 5.35. The molecule has 2 aromatic rings. The molecule has 0 saturated heterocycles. The summed E-state index contributed by atoms with van der Waals surface area (Å²) in [6, 6.07) is 14.7. The lowest BCUT2D eigenvalue weighted by Gasteiger charge is -2.21. The van der Waals surface area contributed by atoms with Crippen LogP contribution in [-0.2, 0) is 6.54 Å². The second-order valence-corrected chi connectivity index (χ2v) is 5.76. The van der Waals surface area contributed by atoms with E-state index < -0.39 is 0 Å². The van der Waals surface area contributed by atoms with E-state index in [4.69, 9.17) is 11.6 Å². The Bertz CT molecular complexity index is 596. The van der Waals surface area contributed by atoms with Crippen LogP contribution in [0.5, 0.6) is 0 Å². The Morgan fingerprint density at radius 3 is 2.52 bits per heavy atom. The highest BCUT2D eigenvalue weighted by Crippen LogP contribution is 2.28. The third-order valence-electron chi connectivity index (χ3n) is 3.56. The number of halogens is 1. The molecule has 0 aromatic heterocycles. The minimum absolute atomic E-state index is 0.815. The molecule has 0 atom stereocenters. The SMILES string of the molecule is CCCNCc1ccc(N(C)c2cccc(C)c2)cc1Cl. The van der Waals surface area contributed by atoms with Crippen molar-refractivity contribution < 1.29 is 0 Å². The molecular weight excluding hydrogens is 280 g/mol. The van der Waals surface area contributed by atoms with Gasteiger partial charge in [0.15, 0.2) is 0 Å². The highest BCUT2D eigenvalue weighted by molar-refractivity contribution is 6.31. The van der Waals surface area contributed by atoms with Gasteiger partial charge in [-0.15, -0.1) is 0 Å². The monoisotopic (exact) mass is 302 g/mol. The summed E-state index contributed by atoms with van der Waals surface area (Å²) >= 11 is 6.40. The first kappa shape index (κ1) is 15.9. The van der Waals surface area contributed by atoms with Crippen LogP contribution in [0.15, 0.2) is 42.5 Å². The van der Waals surface area contributed by atoms with Gasteiger partial charge in [-0.3, -0.25) is 0 Å². The standard InChI is InChI=1S/C18H23ClN2/c1-4-10-20-13-15-8-9-17(12-18(15)19)21(3)16-7-5-6-14(2)11-16/h5-9,11-12,20H,4,10,13H2,1-3H3. The fourth-order valence-corrected chi connectivity index (χ4v) is 2.52. The minimum atomic E-state index is 0.815. The van der Waals surface area contributed by atoms with Gasteiger partial charge in [0.2, 0.25) is 0 Å². The molecule has 2 rings (SSSR count). The number of benzene rings is 2. The van der Waals surface area contributed by atoms with E-state index in [0.717, 1.165) is 35.8 Å². The summed E-state index contributed by atoms with van der Waals surface area (Å²) in [5.41, 5.74) is 4.67. The van der Waals surface area contributed by atoms with Crippen molar-refractivity contribution in [1.82, 2.24) is 5.32 Å². The summed E-state index contributed by atoms with van der Waals surface area (Å²) in [6.45, 7) is 6.10. The fraction of sp³-hybridized carbons (Fsp3) is 0.333. The fourth-order valence-electron chi connectivity index (χ4n) is 2.27. The van der Waals surface area contributed by atoms with Gasteiger partial charge in [0.1, 0.15) is 0 Å². The maximum atomic E-state index is 6.40. The predicted molar refractivity (Wildman–Crippen MR) is 92.7 cm³/mol. The molecule has 1 N–H and O–H groups in total. The highest BCUT2D eigenvalue weighted by Gasteiger charge is 2.07. The molecule has 0 radical (unpaired) electrons. The molecule has 0 aliphatic carbocycles. The van der Waals surface area contributed by atoms with Gasteiger partial charge in [0.05, 0.1) is 0 Å². The molecule has 3 heteroatoms. The van der Waals surface area contributed by atoms with Gasteiger partial charge in [0, 0.05) is 30.0 Å². The molecule has 0 saturated carbocycles. The van der Waals surface area contributed by atoms with Crippen molar-refractivity contribution in [2.24, 2.45) is 0 Å². The normalized spacial score (nSPS) is 10.7. The molecule has 0 aliphatic rings. The molecule has 0 fully saturated rings. The van der Waals surface area contributed by atoms with E-state index in [1.165, 1.54) is 11.3 Å². The van der Waals surface area contributed by atoms with E-state index in [1.54, 1.807) is 0 Å². The Balaban J connectivity index is 2.15. The predicted octanol–water partition coefficient (Wildman–Crippen LogP) is 4.92. The largest absolute Gasteiger partial charge is 0.345 e. The van der Waals surface area contributed by atoms with Crippen LogP contribution in [0, 0.1) is 6.92 Å². The minimum Gasteiger partial charge on any atom is -0.345 e. The van der Waals surface area contributed by atoms with Gasteiger partial charge in [0.25, 0.3) is 0 Å². The van der Waals surface area contributed by atoms with Crippen molar-refractivity contribution in [3.8, 4) is 0 Å². The number of aryl methyl sites for hydroxylation is 1. The van der Waals surface area contributed by atoms with Crippen molar-refractivity contribution in [3.63, 3.8) is 0 Å². The summed E-state index contributed by atoms with van der Waals surface area (Å²) in [5, 5.41) is 4.20. The zero-order valence-electron chi connectivity index (χ0n) is 13.0. The van der Waals surface area contributed by atoms with Gasteiger partial charge in [-0.1, -0.05) is 36.7 Å². The van der Waals surface area contributed by atoms with Crippen LogP contribution in [0.1, 0.15) is 24.5 Å². The zero-order valence-corrected chi connectivity index (χ0v) is 13.7. The molecule has 0 bridgehead atoms. The molecule has 0 aliphatic heterocycles. The Hall–Kier alpha value is -1.51. The zero-order chi connectivity index (χ0) is 15.2. The number of anilines is 2. The summed E-state index contributed by atoms with van der Waals surface area (Å²) in [7, 11) is 2.06. The van der Waals surface area contributed by atoms with Crippen LogP contribution < -0.4 is 10.2 Å². The second kappa shape index (κ2) is 7.48. The lowest BCUT2D eigenvalue weighted by Crippen LogP contribution is -2.14. The number of rotatable bonds is 6. The van der Waals surface area contributed by atoms with E-state index >= 15 is 0 Å². The maximum absolute atomic E-state index is 6.40. The van der Waals surface area contributed by atoms with Gasteiger partial charge >= 0.3 is 0 Å². The third-order valence-corrected chi connectivity index (χ3v) is 3.91. The van der Waals surface area contributed by atoms with Gasteiger partial charge in [-0.25, -0.2) is 0 Å². The van der Waals surface area contributed by atoms with E-state index in [1.807, 2.05) is 6.07 Å². The summed E-state index contributed by atoms with van der Waals surface area (Å²) in [5.74, 6) is 0. The van der Waals surface area contributed by atoms with E-state index in [9.17, 15) is 0 Å². The third kappa shape index (κ3) is 4.23. The van der Waals surface area contributed by atoms with Crippen molar-refractivity contribution in [2.75, 3.05) is 18.5 Å². The van der Waals surface area contributed by atoms with Gasteiger partial charge < -0.3 is 10.2 Å². The van der Waals surface area contributed by atoms with Gasteiger partial charge in [-0.2, -0.15) is 0 Å². The van der Waals surface area contributed by atoms with Crippen LogP contribution in [-0.4, -0.2) is 13.6 Å². The summed E-state index contributed by atoms with van der Waals surface area (Å²) < 4.78 is 0. The molecule has 2 aromatic carbocycles. The molecular formula is C18H23ClN2. The first-order valence-corrected chi connectivity index (χ1v) is 7.79. The molecule has 0 unspecified atom stereocenters. The Labute approximate surface area is 132 Å². The van der Waals surface area contributed by atoms with Crippen molar-refractivity contribution in [1.29, 1.82) is 0 Å². The van der Waals surface area contributed by atoms with Crippen molar-refractivity contribution in [3.05, 3.63) is 58.6 Å². The Morgan fingerprint density at radius 2 is 1.86 bits per heavy atom. The van der Waals surface area contributed by atoms with Crippen molar-refractivity contribution in [2.45, 2.75) is 26.8 Å². The van der Waals surface area contributed by atoms with Crippen LogP contribution in [0.3, 0.4) is 0 Å². The van der Waals surface area contributed by atoms with E-state index in [2.05, 4.69) is 67.5 Å². The Kier molecular flexibility index (Phi) is 5.66. The molecule has 112 valence electrons. The lowest BCUT2D eigenvalue weighted by atomic mass is 10.1. The molecule has 21 heavy (non-hydrogen) atoms. The maximum Gasteiger partial charge on any atom is 0.0471 e. The molecule has 2 nitrogen and oxygen atoms in total. The average Bonchev–Trinajstić information content (AvgIpc) is 2.48. The average molecular weight is 303 g/mol. The van der Waals surface area contributed by atoms with Crippen LogP contribution in [0.25, 0.3) is 0 Å². The number of hydrogen-bond donors (Lipinski definition) is 1. The van der Waals surface area contributed by atoms with Crippen LogP contribution in [0.4, 0.5) is 11.4 Å². The van der Waals surface area contributed by atoms with E-state index in [-0.39, 0.29) is 0 Å². The van der Waals surface area contributed by atoms with Crippen molar-refractivity contribution >= 4 is 23.0 Å². The topological polar surface area (TPSA) is 15.3 Å². The quantitative estimate of drug-likeness (QED) is 0.762. The van der Waals surface area contributed by atoms with Crippen LogP contribution >= 0.6 is 11.6 Å². The highest BCUT2D eigenvalue weighted by atomic mass is 35.5. The van der Waals surface area contributed by atoms with Gasteiger partial charge in [-0.05, 0) is 55.3 Å². The molecule has 0 amide bonds.